The predicted octanol–water partition coefficient (Wildman–Crippen LogP) is 3.43. The van der Waals surface area contributed by atoms with Gasteiger partial charge in [-0.15, -0.1) is 0 Å². The standard InChI is InChI=1S/C16H21N3/c1-10-7-12(3)13(8-11(10)2)15-9-18-16(19-15)14-5-4-6-17-14/h7-9,14,17H,4-6H2,1-3H3,(H,18,19). The van der Waals surface area contributed by atoms with Crippen molar-refractivity contribution in [2.75, 3.05) is 6.54 Å². The number of nitrogens with zero attached hydrogens (tertiary/aromatic N) is 1. The lowest BCUT2D eigenvalue weighted by molar-refractivity contribution is 0.613. The van der Waals surface area contributed by atoms with Crippen LogP contribution >= 0.6 is 0 Å². The molecule has 2 heterocycles. The molecule has 0 amide bonds. The summed E-state index contributed by atoms with van der Waals surface area (Å²) in [5.41, 5.74) is 6.37. The van der Waals surface area contributed by atoms with E-state index in [9.17, 15) is 0 Å². The Morgan fingerprint density at radius 2 is 1.89 bits per heavy atom. The van der Waals surface area contributed by atoms with Gasteiger partial charge in [0.2, 0.25) is 0 Å². The Balaban J connectivity index is 1.96. The zero-order valence-electron chi connectivity index (χ0n) is 11.9. The molecule has 2 N–H and O–H groups in total. The first-order chi connectivity index (χ1) is 9.15. The minimum absolute atomic E-state index is 0.403. The summed E-state index contributed by atoms with van der Waals surface area (Å²) in [7, 11) is 0. The summed E-state index contributed by atoms with van der Waals surface area (Å²) in [6, 6.07) is 4.91. The number of nitrogens with one attached hydrogen (secondary N) is 2. The maximum Gasteiger partial charge on any atom is 0.123 e. The van der Waals surface area contributed by atoms with Gasteiger partial charge in [-0.2, -0.15) is 0 Å². The smallest absolute Gasteiger partial charge is 0.123 e. The van der Waals surface area contributed by atoms with Gasteiger partial charge in [-0.25, -0.2) is 4.98 Å². The second-order valence-corrected chi connectivity index (χ2v) is 5.58. The number of aromatic amines is 1. The average molecular weight is 255 g/mol. The maximum atomic E-state index is 4.55. The minimum atomic E-state index is 0.403. The Morgan fingerprint density at radius 3 is 2.63 bits per heavy atom. The first-order valence-corrected chi connectivity index (χ1v) is 7.01. The normalized spacial score (nSPS) is 19.0. The van der Waals surface area contributed by atoms with Crippen LogP contribution in [0.2, 0.25) is 0 Å². The fraction of sp³-hybridized carbons (Fsp3) is 0.438. The van der Waals surface area contributed by atoms with Gasteiger partial charge in [0.1, 0.15) is 5.82 Å². The molecule has 1 fully saturated rings. The van der Waals surface area contributed by atoms with Gasteiger partial charge >= 0.3 is 0 Å². The monoisotopic (exact) mass is 255 g/mol. The number of H-pyrrole nitrogens is 1. The molecule has 0 spiro atoms. The quantitative estimate of drug-likeness (QED) is 0.863. The van der Waals surface area contributed by atoms with Crippen LogP contribution in [-0.4, -0.2) is 16.5 Å². The number of aryl methyl sites for hydroxylation is 3. The second-order valence-electron chi connectivity index (χ2n) is 5.58. The number of aromatic nitrogens is 2. The highest BCUT2D eigenvalue weighted by molar-refractivity contribution is 5.65. The van der Waals surface area contributed by atoms with Crippen molar-refractivity contribution in [1.82, 2.24) is 15.3 Å². The largest absolute Gasteiger partial charge is 0.341 e. The lowest BCUT2D eigenvalue weighted by Crippen LogP contribution is -2.14. The molecule has 100 valence electrons. The van der Waals surface area contributed by atoms with Gasteiger partial charge in [-0.1, -0.05) is 6.07 Å². The predicted molar refractivity (Wildman–Crippen MR) is 78.2 cm³/mol. The van der Waals surface area contributed by atoms with Gasteiger partial charge in [-0.3, -0.25) is 0 Å². The molecule has 1 saturated heterocycles. The molecule has 2 aromatic rings. The molecule has 0 radical (unpaired) electrons. The lowest BCUT2D eigenvalue weighted by atomic mass is 9.99. The summed E-state index contributed by atoms with van der Waals surface area (Å²) in [5, 5.41) is 3.48. The molecule has 3 nitrogen and oxygen atoms in total. The van der Waals surface area contributed by atoms with Crippen LogP contribution in [0.4, 0.5) is 0 Å². The Morgan fingerprint density at radius 1 is 1.11 bits per heavy atom. The van der Waals surface area contributed by atoms with E-state index in [2.05, 4.69) is 48.2 Å². The van der Waals surface area contributed by atoms with Gasteiger partial charge in [-0.05, 0) is 62.9 Å². The Kier molecular flexibility index (Phi) is 3.15. The molecule has 19 heavy (non-hydrogen) atoms. The van der Waals surface area contributed by atoms with Crippen LogP contribution in [0.25, 0.3) is 11.3 Å². The first-order valence-electron chi connectivity index (χ1n) is 7.01. The van der Waals surface area contributed by atoms with E-state index in [-0.39, 0.29) is 0 Å². The molecule has 1 unspecified atom stereocenters. The van der Waals surface area contributed by atoms with Gasteiger partial charge in [0.05, 0.1) is 17.9 Å². The highest BCUT2D eigenvalue weighted by atomic mass is 15.0. The Hall–Kier alpha value is -1.61. The second kappa shape index (κ2) is 4.82. The fourth-order valence-electron chi connectivity index (χ4n) is 2.82. The van der Waals surface area contributed by atoms with E-state index in [1.807, 2.05) is 6.20 Å². The zero-order chi connectivity index (χ0) is 13.4. The maximum absolute atomic E-state index is 4.55. The van der Waals surface area contributed by atoms with Crippen LogP contribution in [-0.2, 0) is 0 Å². The number of imidazole rings is 1. The van der Waals surface area contributed by atoms with Crippen molar-refractivity contribution in [2.45, 2.75) is 39.7 Å². The summed E-state index contributed by atoms with van der Waals surface area (Å²) in [6.45, 7) is 7.58. The van der Waals surface area contributed by atoms with Gasteiger partial charge < -0.3 is 10.3 Å². The third kappa shape index (κ3) is 2.30. The van der Waals surface area contributed by atoms with E-state index in [0.717, 1.165) is 18.1 Å². The van der Waals surface area contributed by atoms with E-state index < -0.39 is 0 Å². The van der Waals surface area contributed by atoms with Crippen LogP contribution in [0.15, 0.2) is 18.3 Å². The van der Waals surface area contributed by atoms with Crippen molar-refractivity contribution in [1.29, 1.82) is 0 Å². The topological polar surface area (TPSA) is 40.7 Å². The van der Waals surface area contributed by atoms with E-state index in [1.54, 1.807) is 0 Å². The molecule has 0 bridgehead atoms. The van der Waals surface area contributed by atoms with Crippen molar-refractivity contribution in [3.05, 3.63) is 40.8 Å². The van der Waals surface area contributed by atoms with E-state index in [0.29, 0.717) is 6.04 Å². The highest BCUT2D eigenvalue weighted by Crippen LogP contribution is 2.27. The van der Waals surface area contributed by atoms with Crippen LogP contribution in [0.5, 0.6) is 0 Å². The molecular weight excluding hydrogens is 234 g/mol. The van der Waals surface area contributed by atoms with Crippen molar-refractivity contribution < 1.29 is 0 Å². The molecule has 1 aliphatic heterocycles. The molecule has 0 aliphatic carbocycles. The average Bonchev–Trinajstić information content (AvgIpc) is 3.03. The van der Waals surface area contributed by atoms with E-state index in [4.69, 9.17) is 0 Å². The summed E-state index contributed by atoms with van der Waals surface area (Å²) in [5.74, 6) is 1.07. The number of hydrogen-bond donors (Lipinski definition) is 2. The van der Waals surface area contributed by atoms with Crippen molar-refractivity contribution in [2.24, 2.45) is 0 Å². The Labute approximate surface area is 114 Å². The molecule has 3 rings (SSSR count). The molecule has 1 aliphatic rings. The fourth-order valence-corrected chi connectivity index (χ4v) is 2.82. The van der Waals surface area contributed by atoms with Crippen molar-refractivity contribution in [3.8, 4) is 11.3 Å². The van der Waals surface area contributed by atoms with Crippen molar-refractivity contribution >= 4 is 0 Å². The number of benzene rings is 1. The van der Waals surface area contributed by atoms with Crippen molar-refractivity contribution in [3.63, 3.8) is 0 Å². The summed E-state index contributed by atoms with van der Waals surface area (Å²) < 4.78 is 0. The summed E-state index contributed by atoms with van der Waals surface area (Å²) >= 11 is 0. The molecule has 3 heteroatoms. The third-order valence-electron chi connectivity index (χ3n) is 4.12. The molecule has 0 saturated carbocycles. The van der Waals surface area contributed by atoms with Crippen LogP contribution in [0, 0.1) is 20.8 Å². The van der Waals surface area contributed by atoms with Crippen LogP contribution < -0.4 is 5.32 Å². The van der Waals surface area contributed by atoms with Crippen LogP contribution in [0.3, 0.4) is 0 Å². The molecule has 1 aromatic heterocycles. The lowest BCUT2D eigenvalue weighted by Gasteiger charge is -2.09. The molecular formula is C16H21N3. The summed E-state index contributed by atoms with van der Waals surface area (Å²) in [6.07, 6.45) is 4.38. The minimum Gasteiger partial charge on any atom is -0.341 e. The first kappa shape index (κ1) is 12.4. The zero-order valence-corrected chi connectivity index (χ0v) is 11.9. The third-order valence-corrected chi connectivity index (χ3v) is 4.12. The summed E-state index contributed by atoms with van der Waals surface area (Å²) in [4.78, 5) is 8.04. The highest BCUT2D eigenvalue weighted by Gasteiger charge is 2.19. The van der Waals surface area contributed by atoms with E-state index >= 15 is 0 Å². The van der Waals surface area contributed by atoms with Crippen LogP contribution in [0.1, 0.15) is 41.4 Å². The number of hydrogen-bond acceptors (Lipinski definition) is 2. The SMILES string of the molecule is Cc1cc(C)c(-c2cnc(C3CCCN3)[nH]2)cc1C. The Bertz CT molecular complexity index is 592. The van der Waals surface area contributed by atoms with Gasteiger partial charge in [0.15, 0.2) is 0 Å². The van der Waals surface area contributed by atoms with Gasteiger partial charge in [0, 0.05) is 5.56 Å². The molecule has 1 atom stereocenters. The van der Waals surface area contributed by atoms with E-state index in [1.165, 1.54) is 35.1 Å². The molecule has 1 aromatic carbocycles. The number of rotatable bonds is 2. The van der Waals surface area contributed by atoms with Gasteiger partial charge in [0.25, 0.3) is 0 Å².